The Morgan fingerprint density at radius 2 is 1.90 bits per heavy atom. The van der Waals surface area contributed by atoms with E-state index in [1.165, 1.54) is 19.3 Å². The predicted molar refractivity (Wildman–Crippen MR) is 114 cm³/mol. The number of aryl methyl sites for hydroxylation is 2. The number of nitrogens with one attached hydrogen (secondary N) is 1. The van der Waals surface area contributed by atoms with Crippen LogP contribution in [-0.4, -0.2) is 29.3 Å². The van der Waals surface area contributed by atoms with Crippen LogP contribution in [0.4, 0.5) is 0 Å². The molecule has 6 nitrogen and oxygen atoms in total. The van der Waals surface area contributed by atoms with Crippen molar-refractivity contribution >= 4 is 5.91 Å². The predicted octanol–water partition coefficient (Wildman–Crippen LogP) is 4.87. The topological polar surface area (TPSA) is 73.6 Å². The molecule has 2 aliphatic carbocycles. The molecule has 2 aromatic rings. The van der Waals surface area contributed by atoms with Crippen LogP contribution < -0.4 is 10.1 Å². The van der Waals surface area contributed by atoms with Crippen molar-refractivity contribution in [1.29, 1.82) is 0 Å². The average Bonchev–Trinajstić information content (AvgIpc) is 3.38. The first-order chi connectivity index (χ1) is 14.6. The molecular weight excluding hydrogens is 380 g/mol. The highest BCUT2D eigenvalue weighted by Crippen LogP contribution is 2.28. The van der Waals surface area contributed by atoms with Crippen LogP contribution >= 0.6 is 0 Å². The molecule has 0 unspecified atom stereocenters. The third-order valence-electron chi connectivity index (χ3n) is 6.35. The zero-order chi connectivity index (χ0) is 20.9. The Bertz CT molecular complexity index is 837. The highest BCUT2D eigenvalue weighted by Gasteiger charge is 2.30. The van der Waals surface area contributed by atoms with Crippen molar-refractivity contribution in [2.24, 2.45) is 0 Å². The van der Waals surface area contributed by atoms with E-state index in [4.69, 9.17) is 14.0 Å². The highest BCUT2D eigenvalue weighted by molar-refractivity contribution is 5.94. The number of amides is 1. The van der Waals surface area contributed by atoms with E-state index in [0.717, 1.165) is 49.1 Å². The fraction of sp³-hybridized carbons (Fsp3) is 0.583. The molecule has 4 rings (SSSR count). The first kappa shape index (κ1) is 20.9. The van der Waals surface area contributed by atoms with Gasteiger partial charge >= 0.3 is 0 Å². The molecule has 1 aromatic carbocycles. The lowest BCUT2D eigenvalue weighted by molar-refractivity contribution is -0.0419. The second-order valence-corrected chi connectivity index (χ2v) is 8.56. The van der Waals surface area contributed by atoms with Crippen molar-refractivity contribution in [2.75, 3.05) is 0 Å². The van der Waals surface area contributed by atoms with E-state index in [9.17, 15) is 4.79 Å². The van der Waals surface area contributed by atoms with Crippen molar-refractivity contribution in [3.05, 3.63) is 46.8 Å². The second kappa shape index (κ2) is 9.65. The maximum absolute atomic E-state index is 12.9. The molecule has 1 N–H and O–H groups in total. The number of carbonyl (C=O) groups is 1. The Kier molecular flexibility index (Phi) is 6.72. The van der Waals surface area contributed by atoms with Gasteiger partial charge in [0, 0.05) is 5.56 Å². The van der Waals surface area contributed by atoms with Crippen molar-refractivity contribution in [1.82, 2.24) is 10.5 Å². The molecule has 2 aliphatic rings. The van der Waals surface area contributed by atoms with Gasteiger partial charge in [0.2, 0.25) is 0 Å². The lowest BCUT2D eigenvalue weighted by Crippen LogP contribution is -2.47. The van der Waals surface area contributed by atoms with Crippen LogP contribution in [0.25, 0.3) is 0 Å². The molecule has 6 heteroatoms. The minimum absolute atomic E-state index is 0.0651. The van der Waals surface area contributed by atoms with Gasteiger partial charge in [-0.1, -0.05) is 36.9 Å². The smallest absolute Gasteiger partial charge is 0.251 e. The summed E-state index contributed by atoms with van der Waals surface area (Å²) in [7, 11) is 0. The third-order valence-corrected chi connectivity index (χ3v) is 6.35. The van der Waals surface area contributed by atoms with E-state index in [-0.39, 0.29) is 18.1 Å². The Labute approximate surface area is 178 Å². The summed E-state index contributed by atoms with van der Waals surface area (Å²) < 4.78 is 17.5. The number of hydrogen-bond acceptors (Lipinski definition) is 5. The minimum Gasteiger partial charge on any atom is -0.489 e. The van der Waals surface area contributed by atoms with E-state index < -0.39 is 0 Å². The van der Waals surface area contributed by atoms with Crippen LogP contribution in [0.3, 0.4) is 0 Å². The van der Waals surface area contributed by atoms with E-state index in [0.29, 0.717) is 24.0 Å². The van der Waals surface area contributed by atoms with Gasteiger partial charge in [0.15, 0.2) is 0 Å². The summed E-state index contributed by atoms with van der Waals surface area (Å²) in [6, 6.07) is 7.42. The largest absolute Gasteiger partial charge is 0.489 e. The summed E-state index contributed by atoms with van der Waals surface area (Å²) in [5, 5.41) is 7.18. The van der Waals surface area contributed by atoms with Crippen LogP contribution in [0.5, 0.6) is 5.75 Å². The Morgan fingerprint density at radius 1 is 1.13 bits per heavy atom. The molecular formula is C24H32N2O4. The molecule has 0 radical (unpaired) electrons. The van der Waals surface area contributed by atoms with Gasteiger partial charge in [-0.3, -0.25) is 4.79 Å². The number of carbonyl (C=O) groups excluding carboxylic acids is 1. The summed E-state index contributed by atoms with van der Waals surface area (Å²) in [4.78, 5) is 12.9. The molecule has 162 valence electrons. The Morgan fingerprint density at radius 3 is 2.67 bits per heavy atom. The van der Waals surface area contributed by atoms with Gasteiger partial charge in [0.1, 0.15) is 18.1 Å². The number of ether oxygens (including phenoxy) is 2. The van der Waals surface area contributed by atoms with Gasteiger partial charge in [-0.25, -0.2) is 0 Å². The third kappa shape index (κ3) is 5.04. The van der Waals surface area contributed by atoms with Gasteiger partial charge < -0.3 is 19.3 Å². The van der Waals surface area contributed by atoms with Gasteiger partial charge in [-0.2, -0.15) is 0 Å². The second-order valence-electron chi connectivity index (χ2n) is 8.56. The summed E-state index contributed by atoms with van der Waals surface area (Å²) in [5.74, 6) is 1.35. The number of rotatable bonds is 7. The Balaban J connectivity index is 1.37. The molecule has 2 saturated carbocycles. The quantitative estimate of drug-likeness (QED) is 0.702. The first-order valence-electron chi connectivity index (χ1n) is 11.2. The van der Waals surface area contributed by atoms with Crippen molar-refractivity contribution < 1.29 is 18.8 Å². The number of benzene rings is 1. The van der Waals surface area contributed by atoms with Crippen LogP contribution in [0.1, 0.15) is 78.7 Å². The summed E-state index contributed by atoms with van der Waals surface area (Å²) in [6.07, 6.45) is 9.64. The molecule has 2 fully saturated rings. The number of nitrogens with zero attached hydrogens (tertiary/aromatic N) is 1. The molecule has 2 atom stereocenters. The zero-order valence-corrected chi connectivity index (χ0v) is 18.0. The molecule has 1 heterocycles. The molecule has 0 aliphatic heterocycles. The van der Waals surface area contributed by atoms with Crippen molar-refractivity contribution in [3.8, 4) is 5.75 Å². The van der Waals surface area contributed by atoms with Crippen molar-refractivity contribution in [3.63, 3.8) is 0 Å². The van der Waals surface area contributed by atoms with Gasteiger partial charge in [-0.05, 0) is 57.7 Å². The first-order valence-corrected chi connectivity index (χ1v) is 11.2. The SMILES string of the molecule is Cc1noc(C)c1COc1cccc(C(=O)N[C@@H]2CCCC[C@H]2OC2CCCC2)c1. The lowest BCUT2D eigenvalue weighted by Gasteiger charge is -2.34. The normalized spacial score (nSPS) is 22.2. The van der Waals surface area contributed by atoms with Crippen LogP contribution in [0.2, 0.25) is 0 Å². The maximum Gasteiger partial charge on any atom is 0.251 e. The van der Waals surface area contributed by atoms with Gasteiger partial charge in [0.05, 0.1) is 29.5 Å². The average molecular weight is 413 g/mol. The zero-order valence-electron chi connectivity index (χ0n) is 18.0. The Hall–Kier alpha value is -2.34. The fourth-order valence-electron chi connectivity index (χ4n) is 4.54. The number of aromatic nitrogens is 1. The summed E-state index contributed by atoms with van der Waals surface area (Å²) >= 11 is 0. The molecule has 30 heavy (non-hydrogen) atoms. The maximum atomic E-state index is 12.9. The monoisotopic (exact) mass is 412 g/mol. The molecule has 0 spiro atoms. The highest BCUT2D eigenvalue weighted by atomic mass is 16.5. The molecule has 1 amide bonds. The van der Waals surface area contributed by atoms with Crippen molar-refractivity contribution in [2.45, 2.75) is 90.1 Å². The van der Waals surface area contributed by atoms with E-state index in [1.807, 2.05) is 32.0 Å². The van der Waals surface area contributed by atoms with E-state index in [1.54, 1.807) is 6.07 Å². The molecule has 0 saturated heterocycles. The van der Waals surface area contributed by atoms with Crippen LogP contribution in [0.15, 0.2) is 28.8 Å². The summed E-state index contributed by atoms with van der Waals surface area (Å²) in [6.45, 7) is 4.14. The van der Waals surface area contributed by atoms with Crippen LogP contribution in [0, 0.1) is 13.8 Å². The lowest BCUT2D eigenvalue weighted by atomic mass is 9.92. The van der Waals surface area contributed by atoms with Crippen LogP contribution in [-0.2, 0) is 11.3 Å². The fourth-order valence-corrected chi connectivity index (χ4v) is 4.54. The summed E-state index contributed by atoms with van der Waals surface area (Å²) in [5.41, 5.74) is 2.38. The van der Waals surface area contributed by atoms with E-state index in [2.05, 4.69) is 10.5 Å². The molecule has 1 aromatic heterocycles. The molecule has 0 bridgehead atoms. The standard InChI is InChI=1S/C24H32N2O4/c1-16-21(17(2)30-26-16)15-28-20-11-7-8-18(14-20)24(27)25-22-12-5-6-13-23(22)29-19-9-3-4-10-19/h7-8,11,14,19,22-23H,3-6,9-10,12-13,15H2,1-2H3,(H,25,27)/t22-,23-/m1/s1. The van der Waals surface area contributed by atoms with Gasteiger partial charge in [-0.15, -0.1) is 0 Å². The number of hydrogen-bond donors (Lipinski definition) is 1. The van der Waals surface area contributed by atoms with Gasteiger partial charge in [0.25, 0.3) is 5.91 Å². The minimum atomic E-state index is -0.0651. The van der Waals surface area contributed by atoms with E-state index >= 15 is 0 Å².